The van der Waals surface area contributed by atoms with Gasteiger partial charge in [-0.05, 0) is 27.7 Å². The van der Waals surface area contributed by atoms with Gasteiger partial charge in [-0.2, -0.15) is 0 Å². The first-order chi connectivity index (χ1) is 8.24. The molecule has 1 N–H and O–H groups in total. The predicted molar refractivity (Wildman–Crippen MR) is 64.0 cm³/mol. The van der Waals surface area contributed by atoms with Crippen molar-refractivity contribution in [3.05, 3.63) is 0 Å². The molecular weight excluding hydrogens is 238 g/mol. The van der Waals surface area contributed by atoms with Gasteiger partial charge in [-0.3, -0.25) is 4.90 Å². The molecule has 1 fully saturated rings. The summed E-state index contributed by atoms with van der Waals surface area (Å²) in [6.07, 6.45) is -1.12. The highest BCUT2D eigenvalue weighted by Crippen LogP contribution is 2.22. The van der Waals surface area contributed by atoms with Crippen LogP contribution in [0, 0.1) is 0 Å². The van der Waals surface area contributed by atoms with Gasteiger partial charge in [-0.1, -0.05) is 0 Å². The fourth-order valence-corrected chi connectivity index (χ4v) is 1.80. The lowest BCUT2D eigenvalue weighted by atomic mass is 10.2. The molecule has 1 aliphatic rings. The third-order valence-electron chi connectivity index (χ3n) is 2.47. The molecule has 0 aromatic rings. The second kappa shape index (κ2) is 5.56. The van der Waals surface area contributed by atoms with Crippen molar-refractivity contribution in [1.29, 1.82) is 0 Å². The van der Waals surface area contributed by atoms with E-state index in [0.717, 1.165) is 0 Å². The average Bonchev–Trinajstić information content (AvgIpc) is 2.58. The first-order valence-corrected chi connectivity index (χ1v) is 6.09. The van der Waals surface area contributed by atoms with E-state index >= 15 is 0 Å². The number of rotatable bonds is 2. The van der Waals surface area contributed by atoms with Crippen LogP contribution in [0.2, 0.25) is 0 Å². The summed E-state index contributed by atoms with van der Waals surface area (Å²) in [5.74, 6) is -0.500. The molecule has 6 nitrogen and oxygen atoms in total. The summed E-state index contributed by atoms with van der Waals surface area (Å²) in [4.78, 5) is 24.8. The minimum atomic E-state index is -0.755. The third kappa shape index (κ3) is 3.87. The van der Waals surface area contributed by atoms with E-state index < -0.39 is 29.8 Å². The summed E-state index contributed by atoms with van der Waals surface area (Å²) >= 11 is 0. The number of likely N-dealkylation sites (tertiary alicyclic amines) is 1. The van der Waals surface area contributed by atoms with E-state index in [1.54, 1.807) is 27.7 Å². The summed E-state index contributed by atoms with van der Waals surface area (Å²) in [6, 6.07) is -0.755. The lowest BCUT2D eigenvalue weighted by Gasteiger charge is -2.27. The monoisotopic (exact) mass is 259 g/mol. The first kappa shape index (κ1) is 14.8. The van der Waals surface area contributed by atoms with E-state index in [2.05, 4.69) is 0 Å². The van der Waals surface area contributed by atoms with Gasteiger partial charge in [0.15, 0.2) is 0 Å². The van der Waals surface area contributed by atoms with Gasteiger partial charge in [-0.25, -0.2) is 9.59 Å². The van der Waals surface area contributed by atoms with Gasteiger partial charge in [0.1, 0.15) is 11.6 Å². The lowest BCUT2D eigenvalue weighted by molar-refractivity contribution is -0.148. The highest BCUT2D eigenvalue weighted by atomic mass is 16.6. The molecule has 6 heteroatoms. The molecule has 0 saturated carbocycles. The molecule has 2 atom stereocenters. The van der Waals surface area contributed by atoms with Crippen LogP contribution in [0.5, 0.6) is 0 Å². The van der Waals surface area contributed by atoms with Crippen LogP contribution >= 0.6 is 0 Å². The normalized spacial score (nSPS) is 23.9. The van der Waals surface area contributed by atoms with E-state index in [1.807, 2.05) is 0 Å². The fourth-order valence-electron chi connectivity index (χ4n) is 1.80. The molecule has 0 radical (unpaired) electrons. The van der Waals surface area contributed by atoms with E-state index in [-0.39, 0.29) is 19.6 Å². The summed E-state index contributed by atoms with van der Waals surface area (Å²) in [6.45, 7) is 7.28. The van der Waals surface area contributed by atoms with E-state index in [9.17, 15) is 14.7 Å². The van der Waals surface area contributed by atoms with Gasteiger partial charge in [-0.15, -0.1) is 0 Å². The summed E-state index contributed by atoms with van der Waals surface area (Å²) in [5.41, 5.74) is -0.635. The maximum absolute atomic E-state index is 11.9. The Balaban J connectivity index is 2.72. The van der Waals surface area contributed by atoms with Crippen LogP contribution in [0.1, 0.15) is 34.1 Å². The Morgan fingerprint density at radius 2 is 2.00 bits per heavy atom. The first-order valence-electron chi connectivity index (χ1n) is 6.09. The van der Waals surface area contributed by atoms with Crippen LogP contribution in [-0.4, -0.2) is 53.0 Å². The molecule has 1 amide bonds. The minimum Gasteiger partial charge on any atom is -0.464 e. The zero-order chi connectivity index (χ0) is 13.9. The van der Waals surface area contributed by atoms with Gasteiger partial charge in [0, 0.05) is 6.42 Å². The molecule has 0 bridgehead atoms. The Morgan fingerprint density at radius 1 is 1.39 bits per heavy atom. The largest absolute Gasteiger partial charge is 0.464 e. The molecule has 1 heterocycles. The summed E-state index contributed by atoms with van der Waals surface area (Å²) in [5, 5.41) is 9.58. The van der Waals surface area contributed by atoms with Crippen molar-refractivity contribution in [1.82, 2.24) is 4.90 Å². The third-order valence-corrected chi connectivity index (χ3v) is 2.47. The van der Waals surface area contributed by atoms with Crippen molar-refractivity contribution in [2.75, 3.05) is 13.2 Å². The fraction of sp³-hybridized carbons (Fsp3) is 0.833. The molecular formula is C12H21NO5. The molecule has 0 unspecified atom stereocenters. The summed E-state index contributed by atoms with van der Waals surface area (Å²) < 4.78 is 10.1. The van der Waals surface area contributed by atoms with Gasteiger partial charge in [0.05, 0.1) is 19.3 Å². The number of carbonyl (C=O) groups excluding carboxylic acids is 2. The second-order valence-corrected chi connectivity index (χ2v) is 5.29. The molecule has 0 aliphatic carbocycles. The zero-order valence-electron chi connectivity index (χ0n) is 11.3. The van der Waals surface area contributed by atoms with Crippen molar-refractivity contribution >= 4 is 12.1 Å². The smallest absolute Gasteiger partial charge is 0.411 e. The molecule has 1 aliphatic heterocycles. The number of amides is 1. The number of carbonyl (C=O) groups is 2. The van der Waals surface area contributed by atoms with Crippen molar-refractivity contribution in [3.8, 4) is 0 Å². The Labute approximate surface area is 107 Å². The van der Waals surface area contributed by atoms with Gasteiger partial charge < -0.3 is 14.6 Å². The molecule has 0 aromatic heterocycles. The Kier molecular flexibility index (Phi) is 4.56. The van der Waals surface area contributed by atoms with Crippen molar-refractivity contribution in [2.45, 2.75) is 51.9 Å². The van der Waals surface area contributed by atoms with E-state index in [4.69, 9.17) is 9.47 Å². The molecule has 1 saturated heterocycles. The number of ether oxygens (including phenoxy) is 2. The molecule has 0 spiro atoms. The Morgan fingerprint density at radius 3 is 2.50 bits per heavy atom. The number of hydrogen-bond donors (Lipinski definition) is 1. The van der Waals surface area contributed by atoms with Crippen LogP contribution < -0.4 is 0 Å². The van der Waals surface area contributed by atoms with Crippen molar-refractivity contribution < 1.29 is 24.2 Å². The predicted octanol–water partition coefficient (Wildman–Crippen LogP) is 0.920. The van der Waals surface area contributed by atoms with E-state index in [1.165, 1.54) is 4.90 Å². The Bertz CT molecular complexity index is 323. The van der Waals surface area contributed by atoms with Crippen molar-refractivity contribution in [2.24, 2.45) is 0 Å². The van der Waals surface area contributed by atoms with Gasteiger partial charge in [0.2, 0.25) is 0 Å². The number of aliphatic hydroxyl groups is 1. The van der Waals surface area contributed by atoms with Gasteiger partial charge >= 0.3 is 12.1 Å². The highest BCUT2D eigenvalue weighted by molar-refractivity contribution is 5.82. The maximum Gasteiger partial charge on any atom is 0.411 e. The van der Waals surface area contributed by atoms with Gasteiger partial charge in [0.25, 0.3) is 0 Å². The van der Waals surface area contributed by atoms with Crippen LogP contribution in [0.4, 0.5) is 4.79 Å². The standard InChI is InChI=1S/C12H21NO5/c1-5-17-10(15)9-6-8(14)7-13(9)11(16)18-12(2,3)4/h8-9,14H,5-7H2,1-4H3/t8-,9-/m0/s1. The second-order valence-electron chi connectivity index (χ2n) is 5.29. The number of nitrogens with zero attached hydrogens (tertiary/aromatic N) is 1. The number of aliphatic hydroxyl groups excluding tert-OH is 1. The maximum atomic E-state index is 11.9. The lowest BCUT2D eigenvalue weighted by Crippen LogP contribution is -2.44. The summed E-state index contributed by atoms with van der Waals surface area (Å²) in [7, 11) is 0. The van der Waals surface area contributed by atoms with Crippen LogP contribution in [0.15, 0.2) is 0 Å². The van der Waals surface area contributed by atoms with Crippen molar-refractivity contribution in [3.63, 3.8) is 0 Å². The molecule has 1 rings (SSSR count). The van der Waals surface area contributed by atoms with Crippen LogP contribution in [0.25, 0.3) is 0 Å². The van der Waals surface area contributed by atoms with Crippen LogP contribution in [0.3, 0.4) is 0 Å². The SMILES string of the molecule is CCOC(=O)[C@@H]1C[C@H](O)CN1C(=O)OC(C)(C)C. The highest BCUT2D eigenvalue weighted by Gasteiger charge is 2.41. The number of hydrogen-bond acceptors (Lipinski definition) is 5. The van der Waals surface area contributed by atoms with E-state index in [0.29, 0.717) is 0 Å². The quantitative estimate of drug-likeness (QED) is 0.746. The minimum absolute atomic E-state index is 0.0956. The molecule has 18 heavy (non-hydrogen) atoms. The van der Waals surface area contributed by atoms with Crippen LogP contribution in [-0.2, 0) is 14.3 Å². The number of β-amino-alcohol motifs (C(OH)–C–C–N with tert-alkyl or cyclic N) is 1. The zero-order valence-corrected chi connectivity index (χ0v) is 11.3. The average molecular weight is 259 g/mol. The topological polar surface area (TPSA) is 76.1 Å². The molecule has 104 valence electrons. The Hall–Kier alpha value is -1.30. The molecule has 0 aromatic carbocycles. The number of esters is 1.